The summed E-state index contributed by atoms with van der Waals surface area (Å²) in [4.78, 5) is 2.71. The quantitative estimate of drug-likeness (QED) is 0.790. The van der Waals surface area contributed by atoms with Crippen LogP contribution in [0.1, 0.15) is 51.9 Å². The van der Waals surface area contributed by atoms with Crippen molar-refractivity contribution in [3.63, 3.8) is 0 Å². The van der Waals surface area contributed by atoms with E-state index >= 15 is 0 Å². The summed E-state index contributed by atoms with van der Waals surface area (Å²) < 4.78 is 0. The number of likely N-dealkylation sites (tertiary alicyclic amines) is 1. The first-order valence-electron chi connectivity index (χ1n) is 7.36. The molecule has 0 aromatic rings. The van der Waals surface area contributed by atoms with E-state index in [9.17, 15) is 0 Å². The SMILES string of the molecule is CCNC1CCCCC1CN1CCCCC1. The number of rotatable bonds is 4. The highest BCUT2D eigenvalue weighted by molar-refractivity contribution is 4.83. The predicted molar refractivity (Wildman–Crippen MR) is 69.7 cm³/mol. The number of piperidine rings is 1. The smallest absolute Gasteiger partial charge is 0.0107 e. The molecule has 1 saturated heterocycles. The zero-order valence-corrected chi connectivity index (χ0v) is 10.9. The van der Waals surface area contributed by atoms with Crippen molar-refractivity contribution in [2.75, 3.05) is 26.2 Å². The second-order valence-corrected chi connectivity index (χ2v) is 5.57. The highest BCUT2D eigenvalue weighted by Crippen LogP contribution is 2.26. The van der Waals surface area contributed by atoms with Gasteiger partial charge >= 0.3 is 0 Å². The third kappa shape index (κ3) is 3.46. The van der Waals surface area contributed by atoms with Crippen LogP contribution >= 0.6 is 0 Å². The van der Waals surface area contributed by atoms with Crippen LogP contribution < -0.4 is 5.32 Å². The first-order valence-corrected chi connectivity index (χ1v) is 7.36. The van der Waals surface area contributed by atoms with Crippen molar-refractivity contribution in [2.24, 2.45) is 5.92 Å². The lowest BCUT2D eigenvalue weighted by atomic mass is 9.84. The third-order valence-electron chi connectivity index (χ3n) is 4.32. The molecule has 2 rings (SSSR count). The Labute approximate surface area is 101 Å². The Balaban J connectivity index is 1.80. The van der Waals surface area contributed by atoms with Gasteiger partial charge in [0.05, 0.1) is 0 Å². The topological polar surface area (TPSA) is 15.3 Å². The molecular weight excluding hydrogens is 196 g/mol. The van der Waals surface area contributed by atoms with Gasteiger partial charge in [0.25, 0.3) is 0 Å². The zero-order chi connectivity index (χ0) is 11.2. The molecule has 2 fully saturated rings. The zero-order valence-electron chi connectivity index (χ0n) is 10.9. The Morgan fingerprint density at radius 1 is 1.00 bits per heavy atom. The van der Waals surface area contributed by atoms with Crippen molar-refractivity contribution in [2.45, 2.75) is 57.9 Å². The fraction of sp³-hybridized carbons (Fsp3) is 1.00. The van der Waals surface area contributed by atoms with E-state index in [4.69, 9.17) is 0 Å². The molecule has 0 spiro atoms. The number of hydrogen-bond donors (Lipinski definition) is 1. The fourth-order valence-corrected chi connectivity index (χ4v) is 3.43. The van der Waals surface area contributed by atoms with Crippen LogP contribution in [0.4, 0.5) is 0 Å². The van der Waals surface area contributed by atoms with Crippen LogP contribution in [0.25, 0.3) is 0 Å². The van der Waals surface area contributed by atoms with Crippen molar-refractivity contribution in [1.29, 1.82) is 0 Å². The van der Waals surface area contributed by atoms with Crippen molar-refractivity contribution < 1.29 is 0 Å². The molecule has 0 aromatic heterocycles. The molecule has 1 aliphatic heterocycles. The Morgan fingerprint density at radius 3 is 2.50 bits per heavy atom. The first-order chi connectivity index (χ1) is 7.90. The Bertz CT molecular complexity index is 185. The summed E-state index contributed by atoms with van der Waals surface area (Å²) in [6.45, 7) is 7.45. The summed E-state index contributed by atoms with van der Waals surface area (Å²) in [6.07, 6.45) is 10.1. The second-order valence-electron chi connectivity index (χ2n) is 5.57. The molecule has 2 heteroatoms. The van der Waals surface area contributed by atoms with Gasteiger partial charge in [-0.2, -0.15) is 0 Å². The molecule has 2 unspecified atom stereocenters. The molecule has 1 aliphatic carbocycles. The molecule has 0 bridgehead atoms. The van der Waals surface area contributed by atoms with E-state index in [0.717, 1.165) is 18.5 Å². The average molecular weight is 224 g/mol. The Hall–Kier alpha value is -0.0800. The van der Waals surface area contributed by atoms with Gasteiger partial charge in [0.15, 0.2) is 0 Å². The monoisotopic (exact) mass is 224 g/mol. The maximum Gasteiger partial charge on any atom is 0.0107 e. The summed E-state index contributed by atoms with van der Waals surface area (Å²) in [5.41, 5.74) is 0. The first kappa shape index (κ1) is 12.4. The minimum atomic E-state index is 0.806. The van der Waals surface area contributed by atoms with Crippen molar-refractivity contribution in [3.05, 3.63) is 0 Å². The van der Waals surface area contributed by atoms with Crippen LogP contribution in [0.2, 0.25) is 0 Å². The van der Waals surface area contributed by atoms with Gasteiger partial charge in [-0.3, -0.25) is 0 Å². The number of nitrogens with zero attached hydrogens (tertiary/aromatic N) is 1. The molecular formula is C14H28N2. The van der Waals surface area contributed by atoms with E-state index in [1.165, 1.54) is 64.6 Å². The van der Waals surface area contributed by atoms with Gasteiger partial charge in [-0.1, -0.05) is 26.2 Å². The van der Waals surface area contributed by atoms with Gasteiger partial charge in [-0.25, -0.2) is 0 Å². The maximum absolute atomic E-state index is 3.70. The molecule has 16 heavy (non-hydrogen) atoms. The summed E-state index contributed by atoms with van der Waals surface area (Å²) in [5, 5.41) is 3.70. The van der Waals surface area contributed by atoms with E-state index in [1.54, 1.807) is 0 Å². The summed E-state index contributed by atoms with van der Waals surface area (Å²) in [6, 6.07) is 0.806. The van der Waals surface area contributed by atoms with Crippen LogP contribution in [0.5, 0.6) is 0 Å². The molecule has 2 atom stereocenters. The van der Waals surface area contributed by atoms with Gasteiger partial charge in [-0.05, 0) is 51.2 Å². The standard InChI is InChI=1S/C14H28N2/c1-2-15-14-9-5-4-8-13(14)12-16-10-6-3-7-11-16/h13-15H,2-12H2,1H3. The second kappa shape index (κ2) is 6.61. The normalized spacial score (nSPS) is 32.8. The lowest BCUT2D eigenvalue weighted by Gasteiger charge is -2.37. The number of nitrogens with one attached hydrogen (secondary N) is 1. The summed E-state index contributed by atoms with van der Waals surface area (Å²) >= 11 is 0. The third-order valence-corrected chi connectivity index (χ3v) is 4.32. The van der Waals surface area contributed by atoms with Crippen molar-refractivity contribution in [1.82, 2.24) is 10.2 Å². The highest BCUT2D eigenvalue weighted by atomic mass is 15.1. The van der Waals surface area contributed by atoms with Gasteiger partial charge in [0.1, 0.15) is 0 Å². The van der Waals surface area contributed by atoms with Crippen LogP contribution in [0.3, 0.4) is 0 Å². The Kier molecular flexibility index (Phi) is 5.11. The molecule has 1 heterocycles. The molecule has 1 saturated carbocycles. The molecule has 0 aromatic carbocycles. The lowest BCUT2D eigenvalue weighted by Crippen LogP contribution is -2.45. The number of hydrogen-bond acceptors (Lipinski definition) is 2. The van der Waals surface area contributed by atoms with E-state index in [-0.39, 0.29) is 0 Å². The lowest BCUT2D eigenvalue weighted by molar-refractivity contribution is 0.149. The molecule has 94 valence electrons. The fourth-order valence-electron chi connectivity index (χ4n) is 3.43. The molecule has 2 nitrogen and oxygen atoms in total. The van der Waals surface area contributed by atoms with E-state index in [2.05, 4.69) is 17.1 Å². The van der Waals surface area contributed by atoms with Crippen molar-refractivity contribution >= 4 is 0 Å². The summed E-state index contributed by atoms with van der Waals surface area (Å²) in [7, 11) is 0. The van der Waals surface area contributed by atoms with E-state index in [1.807, 2.05) is 0 Å². The van der Waals surface area contributed by atoms with Gasteiger partial charge in [0, 0.05) is 12.6 Å². The maximum atomic E-state index is 3.70. The van der Waals surface area contributed by atoms with Crippen molar-refractivity contribution in [3.8, 4) is 0 Å². The molecule has 1 N–H and O–H groups in total. The van der Waals surface area contributed by atoms with Gasteiger partial charge in [-0.15, -0.1) is 0 Å². The largest absolute Gasteiger partial charge is 0.314 e. The Morgan fingerprint density at radius 2 is 1.75 bits per heavy atom. The minimum absolute atomic E-state index is 0.806. The van der Waals surface area contributed by atoms with Gasteiger partial charge < -0.3 is 10.2 Å². The molecule has 0 amide bonds. The minimum Gasteiger partial charge on any atom is -0.314 e. The average Bonchev–Trinajstić information content (AvgIpc) is 2.33. The highest BCUT2D eigenvalue weighted by Gasteiger charge is 2.26. The van der Waals surface area contributed by atoms with Gasteiger partial charge in [0.2, 0.25) is 0 Å². The summed E-state index contributed by atoms with van der Waals surface area (Å²) in [5.74, 6) is 0.923. The molecule has 0 radical (unpaired) electrons. The van der Waals surface area contributed by atoms with Crippen LogP contribution in [-0.4, -0.2) is 37.1 Å². The van der Waals surface area contributed by atoms with Crippen LogP contribution in [-0.2, 0) is 0 Å². The van der Waals surface area contributed by atoms with E-state index in [0.29, 0.717) is 0 Å². The van der Waals surface area contributed by atoms with E-state index < -0.39 is 0 Å². The van der Waals surface area contributed by atoms with Crippen LogP contribution in [0.15, 0.2) is 0 Å². The predicted octanol–water partition coefficient (Wildman–Crippen LogP) is 2.64. The van der Waals surface area contributed by atoms with Crippen LogP contribution in [0, 0.1) is 5.92 Å². The molecule has 2 aliphatic rings.